The Labute approximate surface area is 113 Å². The standard InChI is InChI=1S/C13H13F3N4/c14-13(15,16)10-5-2-6-11(17-10)18-12-7-9(19-20-12)8-3-1-4-8/h2,5-8H,1,3-4H2,(H2,17,18,19,20). The van der Waals surface area contributed by atoms with Gasteiger partial charge in [-0.1, -0.05) is 12.5 Å². The van der Waals surface area contributed by atoms with Crippen LogP contribution in [0.5, 0.6) is 0 Å². The van der Waals surface area contributed by atoms with Gasteiger partial charge in [0.15, 0.2) is 0 Å². The monoisotopic (exact) mass is 282 g/mol. The molecule has 2 heterocycles. The predicted octanol–water partition coefficient (Wildman–Crippen LogP) is 3.83. The minimum atomic E-state index is -4.44. The molecule has 0 aromatic carbocycles. The maximum Gasteiger partial charge on any atom is 0.433 e. The average molecular weight is 282 g/mol. The van der Waals surface area contributed by atoms with Crippen LogP contribution in [0.2, 0.25) is 0 Å². The van der Waals surface area contributed by atoms with E-state index in [9.17, 15) is 13.2 Å². The van der Waals surface area contributed by atoms with Crippen LogP contribution in [-0.2, 0) is 6.18 Å². The van der Waals surface area contributed by atoms with Gasteiger partial charge in [0.1, 0.15) is 17.3 Å². The Morgan fingerprint density at radius 2 is 2.05 bits per heavy atom. The zero-order valence-corrected chi connectivity index (χ0v) is 10.5. The molecule has 0 unspecified atom stereocenters. The molecular weight excluding hydrogens is 269 g/mol. The Bertz CT molecular complexity index is 602. The van der Waals surface area contributed by atoms with Gasteiger partial charge in [-0.15, -0.1) is 0 Å². The van der Waals surface area contributed by atoms with E-state index in [4.69, 9.17) is 0 Å². The van der Waals surface area contributed by atoms with Gasteiger partial charge in [-0.2, -0.15) is 18.3 Å². The van der Waals surface area contributed by atoms with E-state index in [1.807, 2.05) is 6.07 Å². The number of alkyl halides is 3. The van der Waals surface area contributed by atoms with E-state index < -0.39 is 11.9 Å². The Balaban J connectivity index is 1.75. The third-order valence-corrected chi connectivity index (χ3v) is 3.42. The van der Waals surface area contributed by atoms with Crippen LogP contribution in [-0.4, -0.2) is 15.2 Å². The first-order valence-corrected chi connectivity index (χ1v) is 6.39. The van der Waals surface area contributed by atoms with Gasteiger partial charge in [-0.3, -0.25) is 5.10 Å². The molecule has 20 heavy (non-hydrogen) atoms. The number of nitrogens with zero attached hydrogens (tertiary/aromatic N) is 2. The molecular formula is C13H13F3N4. The highest BCUT2D eigenvalue weighted by Gasteiger charge is 2.32. The van der Waals surface area contributed by atoms with Gasteiger partial charge in [0.05, 0.1) is 5.69 Å². The maximum absolute atomic E-state index is 12.6. The highest BCUT2D eigenvalue weighted by Crippen LogP contribution is 2.36. The molecule has 1 aliphatic carbocycles. The second kappa shape index (κ2) is 4.81. The van der Waals surface area contributed by atoms with Crippen LogP contribution in [0.1, 0.15) is 36.6 Å². The molecule has 4 nitrogen and oxygen atoms in total. The predicted molar refractivity (Wildman–Crippen MR) is 67.7 cm³/mol. The molecule has 1 aliphatic rings. The van der Waals surface area contributed by atoms with E-state index in [0.717, 1.165) is 24.6 Å². The summed E-state index contributed by atoms with van der Waals surface area (Å²) in [4.78, 5) is 3.54. The fraction of sp³-hybridized carbons (Fsp3) is 0.385. The van der Waals surface area contributed by atoms with Crippen molar-refractivity contribution in [1.82, 2.24) is 15.2 Å². The zero-order chi connectivity index (χ0) is 14.2. The molecule has 3 rings (SSSR count). The summed E-state index contributed by atoms with van der Waals surface area (Å²) in [6.45, 7) is 0. The molecule has 0 atom stereocenters. The Morgan fingerprint density at radius 3 is 2.70 bits per heavy atom. The van der Waals surface area contributed by atoms with E-state index in [1.54, 1.807) is 0 Å². The minimum absolute atomic E-state index is 0.142. The molecule has 2 aromatic rings. The molecule has 0 bridgehead atoms. The van der Waals surface area contributed by atoms with Crippen LogP contribution < -0.4 is 5.32 Å². The van der Waals surface area contributed by atoms with Crippen LogP contribution in [0.4, 0.5) is 24.8 Å². The molecule has 0 spiro atoms. The number of pyridine rings is 1. The second-order valence-electron chi connectivity index (χ2n) is 4.87. The van der Waals surface area contributed by atoms with Crippen molar-refractivity contribution in [2.45, 2.75) is 31.4 Å². The minimum Gasteiger partial charge on any atom is -0.325 e. The van der Waals surface area contributed by atoms with Gasteiger partial charge in [0.2, 0.25) is 0 Å². The van der Waals surface area contributed by atoms with E-state index in [-0.39, 0.29) is 5.82 Å². The summed E-state index contributed by atoms with van der Waals surface area (Å²) >= 11 is 0. The zero-order valence-electron chi connectivity index (χ0n) is 10.5. The second-order valence-corrected chi connectivity index (χ2v) is 4.87. The van der Waals surface area contributed by atoms with E-state index in [0.29, 0.717) is 11.7 Å². The van der Waals surface area contributed by atoms with Crippen molar-refractivity contribution < 1.29 is 13.2 Å². The lowest BCUT2D eigenvalue weighted by Gasteiger charge is -2.22. The molecule has 0 amide bonds. The third kappa shape index (κ3) is 2.61. The number of hydrogen-bond donors (Lipinski definition) is 2. The van der Waals surface area contributed by atoms with Crippen LogP contribution in [0.15, 0.2) is 24.3 Å². The molecule has 2 aromatic heterocycles. The van der Waals surface area contributed by atoms with Crippen molar-refractivity contribution in [3.63, 3.8) is 0 Å². The first-order chi connectivity index (χ1) is 9.52. The molecule has 0 saturated heterocycles. The topological polar surface area (TPSA) is 53.6 Å². The van der Waals surface area contributed by atoms with Gasteiger partial charge in [0.25, 0.3) is 0 Å². The molecule has 7 heteroatoms. The molecule has 0 aliphatic heterocycles. The summed E-state index contributed by atoms with van der Waals surface area (Å²) in [6, 6.07) is 5.57. The van der Waals surface area contributed by atoms with Crippen LogP contribution in [0, 0.1) is 0 Å². The van der Waals surface area contributed by atoms with E-state index in [1.165, 1.54) is 18.6 Å². The Morgan fingerprint density at radius 1 is 1.25 bits per heavy atom. The summed E-state index contributed by atoms with van der Waals surface area (Å²) in [7, 11) is 0. The molecule has 1 saturated carbocycles. The number of rotatable bonds is 3. The van der Waals surface area contributed by atoms with Crippen molar-refractivity contribution in [1.29, 1.82) is 0 Å². The fourth-order valence-electron chi connectivity index (χ4n) is 2.11. The maximum atomic E-state index is 12.6. The fourth-order valence-corrected chi connectivity index (χ4v) is 2.11. The van der Waals surface area contributed by atoms with Gasteiger partial charge < -0.3 is 5.32 Å². The number of aromatic amines is 1. The van der Waals surface area contributed by atoms with Crippen molar-refractivity contribution in [2.75, 3.05) is 5.32 Å². The van der Waals surface area contributed by atoms with Crippen molar-refractivity contribution in [3.05, 3.63) is 35.7 Å². The summed E-state index contributed by atoms with van der Waals surface area (Å²) in [5.41, 5.74) is 0.0342. The number of halogens is 3. The van der Waals surface area contributed by atoms with Crippen molar-refractivity contribution in [3.8, 4) is 0 Å². The normalized spacial score (nSPS) is 15.9. The third-order valence-electron chi connectivity index (χ3n) is 3.42. The number of hydrogen-bond acceptors (Lipinski definition) is 3. The van der Waals surface area contributed by atoms with Crippen LogP contribution >= 0.6 is 0 Å². The van der Waals surface area contributed by atoms with Crippen LogP contribution in [0.3, 0.4) is 0 Å². The number of aromatic nitrogens is 3. The highest BCUT2D eigenvalue weighted by atomic mass is 19.4. The average Bonchev–Trinajstić information content (AvgIpc) is 2.74. The van der Waals surface area contributed by atoms with Crippen molar-refractivity contribution in [2.24, 2.45) is 0 Å². The highest BCUT2D eigenvalue weighted by molar-refractivity contribution is 5.52. The molecule has 1 fully saturated rings. The van der Waals surface area contributed by atoms with Crippen LogP contribution in [0.25, 0.3) is 0 Å². The lowest BCUT2D eigenvalue weighted by Crippen LogP contribution is -2.09. The largest absolute Gasteiger partial charge is 0.433 e. The SMILES string of the molecule is FC(F)(F)c1cccc(Nc2cc(C3CCC3)n[nH]2)n1. The lowest BCUT2D eigenvalue weighted by atomic mass is 9.83. The number of anilines is 2. The van der Waals surface area contributed by atoms with Gasteiger partial charge in [0, 0.05) is 12.0 Å². The van der Waals surface area contributed by atoms with Gasteiger partial charge in [-0.05, 0) is 25.0 Å². The Kier molecular flexibility index (Phi) is 3.11. The number of nitrogens with one attached hydrogen (secondary N) is 2. The van der Waals surface area contributed by atoms with Gasteiger partial charge in [-0.25, -0.2) is 4.98 Å². The van der Waals surface area contributed by atoms with E-state index in [2.05, 4.69) is 20.5 Å². The quantitative estimate of drug-likeness (QED) is 0.899. The van der Waals surface area contributed by atoms with E-state index >= 15 is 0 Å². The summed E-state index contributed by atoms with van der Waals surface area (Å²) in [6.07, 6.45) is -1.00. The lowest BCUT2D eigenvalue weighted by molar-refractivity contribution is -0.141. The van der Waals surface area contributed by atoms with Gasteiger partial charge >= 0.3 is 6.18 Å². The molecule has 106 valence electrons. The first kappa shape index (κ1) is 13.0. The smallest absolute Gasteiger partial charge is 0.325 e. The first-order valence-electron chi connectivity index (χ1n) is 6.39. The number of H-pyrrole nitrogens is 1. The summed E-state index contributed by atoms with van der Waals surface area (Å²) in [5, 5.41) is 9.76. The Hall–Kier alpha value is -2.05. The molecule has 2 N–H and O–H groups in total. The molecule has 0 radical (unpaired) electrons. The summed E-state index contributed by atoms with van der Waals surface area (Å²) in [5.74, 6) is 1.17. The summed E-state index contributed by atoms with van der Waals surface area (Å²) < 4.78 is 37.7. The van der Waals surface area contributed by atoms with Crippen molar-refractivity contribution >= 4 is 11.6 Å².